The lowest BCUT2D eigenvalue weighted by atomic mass is 10.0. The predicted molar refractivity (Wildman–Crippen MR) is 122 cm³/mol. The van der Waals surface area contributed by atoms with E-state index >= 15 is 0 Å². The molecule has 0 spiro atoms. The third-order valence-corrected chi connectivity index (χ3v) is 5.87. The van der Waals surface area contributed by atoms with Gasteiger partial charge in [0.2, 0.25) is 0 Å². The van der Waals surface area contributed by atoms with Gasteiger partial charge in [0.1, 0.15) is 18.2 Å². The summed E-state index contributed by atoms with van der Waals surface area (Å²) in [6, 6.07) is 15.1. The van der Waals surface area contributed by atoms with Gasteiger partial charge in [0.15, 0.2) is 0 Å². The highest BCUT2D eigenvalue weighted by Crippen LogP contribution is 2.36. The topological polar surface area (TPSA) is 58.2 Å². The molecular formula is C26H23F2N3O2. The number of aromatic nitrogens is 2. The minimum Gasteiger partial charge on any atom is -0.490 e. The summed E-state index contributed by atoms with van der Waals surface area (Å²) in [4.78, 5) is 14.8. The second-order valence-electron chi connectivity index (χ2n) is 8.38. The molecule has 1 saturated carbocycles. The molecule has 7 heteroatoms. The Morgan fingerprint density at radius 2 is 1.97 bits per heavy atom. The van der Waals surface area contributed by atoms with Crippen molar-refractivity contribution in [2.75, 3.05) is 7.05 Å². The van der Waals surface area contributed by atoms with E-state index < -0.39 is 6.67 Å². The molecule has 1 aliphatic rings. The van der Waals surface area contributed by atoms with Crippen molar-refractivity contribution in [3.63, 3.8) is 0 Å². The molecule has 0 unspecified atom stereocenters. The fourth-order valence-electron chi connectivity index (χ4n) is 3.96. The van der Waals surface area contributed by atoms with Crippen molar-refractivity contribution in [1.82, 2.24) is 15.1 Å². The molecule has 1 N–H and O–H groups in total. The Morgan fingerprint density at radius 3 is 2.73 bits per heavy atom. The molecule has 1 aliphatic carbocycles. The highest BCUT2D eigenvalue weighted by Gasteiger charge is 2.26. The van der Waals surface area contributed by atoms with Gasteiger partial charge in [-0.25, -0.2) is 8.78 Å². The monoisotopic (exact) mass is 447 g/mol. The number of halogens is 2. The summed E-state index contributed by atoms with van der Waals surface area (Å²) in [7, 11) is 1.72. The number of nitrogens with one attached hydrogen (secondary N) is 1. The molecule has 3 aromatic carbocycles. The molecule has 1 fully saturated rings. The second-order valence-corrected chi connectivity index (χ2v) is 8.38. The lowest BCUT2D eigenvalue weighted by Gasteiger charge is -2.19. The molecule has 0 atom stereocenters. The van der Waals surface area contributed by atoms with Crippen LogP contribution in [0.3, 0.4) is 0 Å². The number of H-pyrrole nitrogens is 1. The Hall–Kier alpha value is -3.74. The maximum atomic E-state index is 13.8. The van der Waals surface area contributed by atoms with Gasteiger partial charge in [0.25, 0.3) is 5.91 Å². The molecule has 1 amide bonds. The molecule has 4 aromatic rings. The summed E-state index contributed by atoms with van der Waals surface area (Å²) >= 11 is 0. The lowest BCUT2D eigenvalue weighted by molar-refractivity contribution is 0.0785. The summed E-state index contributed by atoms with van der Waals surface area (Å²) in [6.45, 7) is -0.249. The van der Waals surface area contributed by atoms with Crippen LogP contribution in [0.4, 0.5) is 8.78 Å². The van der Waals surface area contributed by atoms with Gasteiger partial charge < -0.3 is 9.64 Å². The molecule has 1 heterocycles. The molecule has 0 bridgehead atoms. The van der Waals surface area contributed by atoms with Crippen molar-refractivity contribution in [1.29, 1.82) is 0 Å². The molecule has 0 aliphatic heterocycles. The number of carbonyl (C=O) groups excluding carboxylic acids is 1. The van der Waals surface area contributed by atoms with Crippen LogP contribution < -0.4 is 4.74 Å². The molecular weight excluding hydrogens is 424 g/mol. The van der Waals surface area contributed by atoms with Crippen LogP contribution in [0, 0.1) is 5.82 Å². The number of hydrogen-bond acceptors (Lipinski definition) is 3. The van der Waals surface area contributed by atoms with Crippen LogP contribution in [-0.2, 0) is 13.2 Å². The maximum absolute atomic E-state index is 13.8. The largest absolute Gasteiger partial charge is 0.490 e. The van der Waals surface area contributed by atoms with Crippen molar-refractivity contribution in [2.24, 2.45) is 0 Å². The van der Waals surface area contributed by atoms with Gasteiger partial charge in [0, 0.05) is 30.1 Å². The predicted octanol–water partition coefficient (Wildman–Crippen LogP) is 5.65. The van der Waals surface area contributed by atoms with Crippen molar-refractivity contribution in [2.45, 2.75) is 32.2 Å². The summed E-state index contributed by atoms with van der Waals surface area (Å²) in [6.07, 6.45) is 3.66. The zero-order chi connectivity index (χ0) is 22.9. The van der Waals surface area contributed by atoms with Crippen LogP contribution in [0.15, 0.2) is 60.8 Å². The molecule has 168 valence electrons. The Labute approximate surface area is 190 Å². The van der Waals surface area contributed by atoms with E-state index in [1.807, 2.05) is 12.1 Å². The minimum atomic E-state index is -0.577. The maximum Gasteiger partial charge on any atom is 0.254 e. The number of hydrogen-bond donors (Lipinski definition) is 1. The first-order valence-corrected chi connectivity index (χ1v) is 10.9. The molecule has 33 heavy (non-hydrogen) atoms. The van der Waals surface area contributed by atoms with Gasteiger partial charge >= 0.3 is 0 Å². The normalized spacial score (nSPS) is 13.3. The summed E-state index contributed by atoms with van der Waals surface area (Å²) in [5.74, 6) is 0.0722. The van der Waals surface area contributed by atoms with Gasteiger partial charge in [-0.15, -0.1) is 0 Å². The van der Waals surface area contributed by atoms with Gasteiger partial charge in [-0.05, 0) is 59.9 Å². The zero-order valence-electron chi connectivity index (χ0n) is 18.1. The van der Waals surface area contributed by atoms with E-state index in [4.69, 9.17) is 4.74 Å². The average Bonchev–Trinajstić information content (AvgIpc) is 3.49. The SMILES string of the molecule is CN(Cc1ccc(CF)c2cn[nH]c12)C(=O)c1ccc(-c2cccc(F)c2)c(OC2CC2)c1. The minimum absolute atomic E-state index is 0.128. The van der Waals surface area contributed by atoms with Crippen molar-refractivity contribution in [3.05, 3.63) is 83.3 Å². The van der Waals surface area contributed by atoms with Crippen LogP contribution >= 0.6 is 0 Å². The van der Waals surface area contributed by atoms with Gasteiger partial charge in [-0.1, -0.05) is 24.3 Å². The second kappa shape index (κ2) is 8.65. The Morgan fingerprint density at radius 1 is 1.15 bits per heavy atom. The smallest absolute Gasteiger partial charge is 0.254 e. The number of ether oxygens (including phenoxy) is 1. The zero-order valence-corrected chi connectivity index (χ0v) is 18.1. The first kappa shape index (κ1) is 21.1. The Bertz CT molecular complexity index is 1330. The number of carbonyl (C=O) groups is 1. The van der Waals surface area contributed by atoms with Crippen LogP contribution in [-0.4, -0.2) is 34.2 Å². The summed E-state index contributed by atoms with van der Waals surface area (Å²) < 4.78 is 33.1. The molecule has 0 radical (unpaired) electrons. The molecule has 1 aromatic heterocycles. The number of amides is 1. The summed E-state index contributed by atoms with van der Waals surface area (Å²) in [5.41, 5.74) is 4.07. The number of rotatable bonds is 7. The quantitative estimate of drug-likeness (QED) is 0.398. The molecule has 5 nitrogen and oxygen atoms in total. The van der Waals surface area contributed by atoms with Crippen molar-refractivity contribution in [3.8, 4) is 16.9 Å². The standard InChI is InChI=1S/C26H23F2N3O2/c1-31(15-19-6-5-18(13-27)23-14-29-30-25(19)23)26(32)17-7-10-22(16-3-2-4-20(28)11-16)24(12-17)33-21-8-9-21/h2-7,10-12,14,21H,8-9,13,15H2,1H3,(H,29,30). The van der Waals surface area contributed by atoms with E-state index in [1.165, 1.54) is 12.1 Å². The van der Waals surface area contributed by atoms with Crippen LogP contribution in [0.25, 0.3) is 22.0 Å². The van der Waals surface area contributed by atoms with Crippen LogP contribution in [0.2, 0.25) is 0 Å². The van der Waals surface area contributed by atoms with E-state index in [2.05, 4.69) is 10.2 Å². The van der Waals surface area contributed by atoms with E-state index in [1.54, 1.807) is 48.5 Å². The third kappa shape index (κ3) is 4.31. The van der Waals surface area contributed by atoms with E-state index in [0.29, 0.717) is 29.0 Å². The first-order chi connectivity index (χ1) is 16.0. The van der Waals surface area contributed by atoms with Crippen molar-refractivity contribution >= 4 is 16.8 Å². The highest BCUT2D eigenvalue weighted by molar-refractivity contribution is 5.96. The molecule has 5 rings (SSSR count). The van der Waals surface area contributed by atoms with Gasteiger partial charge in [-0.2, -0.15) is 5.10 Å². The summed E-state index contributed by atoms with van der Waals surface area (Å²) in [5, 5.41) is 7.66. The Kier molecular flexibility index (Phi) is 5.54. The third-order valence-electron chi connectivity index (χ3n) is 5.87. The van der Waals surface area contributed by atoms with Crippen LogP contribution in [0.1, 0.15) is 34.3 Å². The first-order valence-electron chi connectivity index (χ1n) is 10.9. The number of fused-ring (bicyclic) bond motifs is 1. The highest BCUT2D eigenvalue weighted by atomic mass is 19.1. The van der Waals surface area contributed by atoms with Crippen LogP contribution in [0.5, 0.6) is 5.75 Å². The fourth-order valence-corrected chi connectivity index (χ4v) is 3.96. The molecule has 0 saturated heterocycles. The number of nitrogens with zero attached hydrogens (tertiary/aromatic N) is 2. The fraction of sp³-hybridized carbons (Fsp3) is 0.231. The number of alkyl halides is 1. The number of benzene rings is 3. The van der Waals surface area contributed by atoms with E-state index in [0.717, 1.165) is 34.9 Å². The lowest BCUT2D eigenvalue weighted by Crippen LogP contribution is -2.26. The van der Waals surface area contributed by atoms with Crippen molar-refractivity contribution < 1.29 is 18.3 Å². The van der Waals surface area contributed by atoms with E-state index in [-0.39, 0.29) is 17.8 Å². The Balaban J connectivity index is 1.43. The average molecular weight is 447 g/mol. The van der Waals surface area contributed by atoms with Gasteiger partial charge in [-0.3, -0.25) is 9.89 Å². The van der Waals surface area contributed by atoms with Gasteiger partial charge in [0.05, 0.1) is 17.8 Å². The van der Waals surface area contributed by atoms with E-state index in [9.17, 15) is 13.6 Å². The number of aromatic amines is 1.